The third-order valence-electron chi connectivity index (χ3n) is 3.66. The van der Waals surface area contributed by atoms with Gasteiger partial charge in [0, 0.05) is 30.0 Å². The predicted molar refractivity (Wildman–Crippen MR) is 98.8 cm³/mol. The number of rotatable bonds is 6. The Kier molecular flexibility index (Phi) is 4.34. The summed E-state index contributed by atoms with van der Waals surface area (Å²) >= 11 is 1.62. The van der Waals surface area contributed by atoms with Crippen LogP contribution in [-0.4, -0.2) is 42.1 Å². The Bertz CT molecular complexity index is 964. The first-order valence-corrected chi connectivity index (χ1v) is 8.93. The van der Waals surface area contributed by atoms with Crippen molar-refractivity contribution in [3.8, 4) is 11.3 Å². The minimum Gasteiger partial charge on any atom is -0.369 e. The molecule has 0 spiro atoms. The highest BCUT2D eigenvalue weighted by Gasteiger charge is 2.09. The van der Waals surface area contributed by atoms with Crippen LogP contribution < -0.4 is 5.32 Å². The van der Waals surface area contributed by atoms with E-state index in [0.29, 0.717) is 0 Å². The number of hydrogen-bond acceptors (Lipinski definition) is 6. The number of fused-ring (bicyclic) bond motifs is 1. The van der Waals surface area contributed by atoms with E-state index in [4.69, 9.17) is 4.98 Å². The second-order valence-electron chi connectivity index (χ2n) is 5.51. The number of H-pyrrole nitrogens is 1. The lowest BCUT2D eigenvalue weighted by Gasteiger charge is -2.10. The van der Waals surface area contributed by atoms with E-state index in [1.54, 1.807) is 11.8 Å². The molecule has 25 heavy (non-hydrogen) atoms. The van der Waals surface area contributed by atoms with Crippen LogP contribution in [0.2, 0.25) is 0 Å². The smallest absolute Gasteiger partial charge is 0.183 e. The van der Waals surface area contributed by atoms with Crippen LogP contribution in [0.15, 0.2) is 53.9 Å². The maximum atomic E-state index is 4.73. The van der Waals surface area contributed by atoms with Crippen LogP contribution in [0.5, 0.6) is 0 Å². The summed E-state index contributed by atoms with van der Waals surface area (Å²) in [7, 11) is 0. The molecule has 7 nitrogen and oxygen atoms in total. The average molecular weight is 351 g/mol. The maximum Gasteiger partial charge on any atom is 0.183 e. The molecule has 8 heteroatoms. The van der Waals surface area contributed by atoms with Gasteiger partial charge in [0.15, 0.2) is 10.8 Å². The Labute approximate surface area is 148 Å². The van der Waals surface area contributed by atoms with E-state index in [1.807, 2.05) is 41.8 Å². The number of thioether (sulfide) groups is 1. The van der Waals surface area contributed by atoms with Crippen LogP contribution in [-0.2, 0) is 0 Å². The second-order valence-corrected chi connectivity index (χ2v) is 6.60. The predicted octanol–water partition coefficient (Wildman–Crippen LogP) is 3.03. The zero-order valence-electron chi connectivity index (χ0n) is 13.7. The van der Waals surface area contributed by atoms with Crippen molar-refractivity contribution in [3.63, 3.8) is 0 Å². The SMILES string of the molecule is Cc1cc2nc(-c3ccccc3)cc(NCCSc3ncn[nH]3)n2n1. The third-order valence-corrected chi connectivity index (χ3v) is 4.54. The summed E-state index contributed by atoms with van der Waals surface area (Å²) in [5.41, 5.74) is 3.79. The fraction of sp³-hybridized carbons (Fsp3) is 0.176. The number of nitrogens with zero attached hydrogens (tertiary/aromatic N) is 5. The highest BCUT2D eigenvalue weighted by molar-refractivity contribution is 7.99. The lowest BCUT2D eigenvalue weighted by atomic mass is 10.1. The molecule has 0 unspecified atom stereocenters. The van der Waals surface area contributed by atoms with Crippen LogP contribution >= 0.6 is 11.8 Å². The standard InChI is InChI=1S/C17H17N7S/c1-12-9-16-21-14(13-5-3-2-4-6-13)10-15(24(16)23-12)18-7-8-25-17-19-11-20-22-17/h2-6,9-11,18H,7-8H2,1H3,(H,19,20,22). The number of aryl methyl sites for hydroxylation is 1. The summed E-state index contributed by atoms with van der Waals surface area (Å²) < 4.78 is 1.85. The van der Waals surface area contributed by atoms with E-state index in [2.05, 4.69) is 37.7 Å². The average Bonchev–Trinajstić information content (AvgIpc) is 3.27. The molecule has 2 N–H and O–H groups in total. The summed E-state index contributed by atoms with van der Waals surface area (Å²) in [4.78, 5) is 8.84. The van der Waals surface area contributed by atoms with Crippen molar-refractivity contribution in [1.29, 1.82) is 0 Å². The van der Waals surface area contributed by atoms with Crippen LogP contribution in [0, 0.1) is 6.92 Å². The Morgan fingerprint density at radius 2 is 2.08 bits per heavy atom. The molecule has 0 aliphatic heterocycles. The van der Waals surface area contributed by atoms with E-state index >= 15 is 0 Å². The molecule has 0 bridgehead atoms. The van der Waals surface area contributed by atoms with Crippen molar-refractivity contribution < 1.29 is 0 Å². The van der Waals surface area contributed by atoms with E-state index < -0.39 is 0 Å². The van der Waals surface area contributed by atoms with Gasteiger partial charge in [-0.15, -0.1) is 0 Å². The molecule has 0 radical (unpaired) electrons. The number of hydrogen-bond donors (Lipinski definition) is 2. The first-order valence-electron chi connectivity index (χ1n) is 7.94. The molecule has 3 aromatic heterocycles. The molecule has 0 fully saturated rings. The minimum atomic E-state index is 0.775. The fourth-order valence-electron chi connectivity index (χ4n) is 2.56. The molecule has 1 aromatic carbocycles. The van der Waals surface area contributed by atoms with Gasteiger partial charge in [-0.25, -0.2) is 9.97 Å². The van der Waals surface area contributed by atoms with Crippen LogP contribution in [0.1, 0.15) is 5.69 Å². The molecule has 0 atom stereocenters. The molecule has 0 amide bonds. The van der Waals surface area contributed by atoms with Gasteiger partial charge in [0.1, 0.15) is 12.1 Å². The molecule has 3 heterocycles. The van der Waals surface area contributed by atoms with Crippen molar-refractivity contribution in [2.75, 3.05) is 17.6 Å². The highest BCUT2D eigenvalue weighted by Crippen LogP contribution is 2.22. The summed E-state index contributed by atoms with van der Waals surface area (Å²) in [6, 6.07) is 14.2. The topological polar surface area (TPSA) is 83.8 Å². The highest BCUT2D eigenvalue weighted by atomic mass is 32.2. The zero-order valence-corrected chi connectivity index (χ0v) is 14.5. The minimum absolute atomic E-state index is 0.775. The molecule has 126 valence electrons. The quantitative estimate of drug-likeness (QED) is 0.410. The molecular weight excluding hydrogens is 334 g/mol. The van der Waals surface area contributed by atoms with Gasteiger partial charge in [0.05, 0.1) is 11.4 Å². The van der Waals surface area contributed by atoms with Crippen LogP contribution in [0.25, 0.3) is 16.9 Å². The molecular formula is C17H17N7S. The van der Waals surface area contributed by atoms with Gasteiger partial charge in [-0.05, 0) is 6.92 Å². The van der Waals surface area contributed by atoms with E-state index in [-0.39, 0.29) is 0 Å². The zero-order chi connectivity index (χ0) is 17.1. The first kappa shape index (κ1) is 15.6. The van der Waals surface area contributed by atoms with Gasteiger partial charge in [0.25, 0.3) is 0 Å². The summed E-state index contributed by atoms with van der Waals surface area (Å²) in [5.74, 6) is 1.79. The van der Waals surface area contributed by atoms with Crippen molar-refractivity contribution in [2.45, 2.75) is 12.1 Å². The number of anilines is 1. The molecule has 4 aromatic rings. The summed E-state index contributed by atoms with van der Waals surface area (Å²) in [5, 5.41) is 15.5. The van der Waals surface area contributed by atoms with Gasteiger partial charge < -0.3 is 5.32 Å². The summed E-state index contributed by atoms with van der Waals surface area (Å²) in [6.45, 7) is 2.75. The molecule has 0 saturated heterocycles. The molecule has 0 aliphatic rings. The first-order chi connectivity index (χ1) is 12.3. The van der Waals surface area contributed by atoms with Gasteiger partial charge in [-0.3, -0.25) is 5.10 Å². The van der Waals surface area contributed by atoms with E-state index in [1.165, 1.54) is 6.33 Å². The van der Waals surface area contributed by atoms with Crippen LogP contribution in [0.3, 0.4) is 0 Å². The third kappa shape index (κ3) is 3.48. The Morgan fingerprint density at radius 1 is 1.20 bits per heavy atom. The van der Waals surface area contributed by atoms with Gasteiger partial charge in [-0.1, -0.05) is 42.1 Å². The molecule has 4 rings (SSSR count). The van der Waals surface area contributed by atoms with E-state index in [0.717, 1.165) is 45.9 Å². The number of benzene rings is 1. The normalized spacial score (nSPS) is 11.1. The van der Waals surface area contributed by atoms with Crippen molar-refractivity contribution in [2.24, 2.45) is 0 Å². The van der Waals surface area contributed by atoms with Crippen molar-refractivity contribution in [3.05, 3.63) is 54.5 Å². The summed E-state index contributed by atoms with van der Waals surface area (Å²) in [6.07, 6.45) is 1.51. The lowest BCUT2D eigenvalue weighted by molar-refractivity contribution is 0.913. The lowest BCUT2D eigenvalue weighted by Crippen LogP contribution is -2.10. The number of nitrogens with one attached hydrogen (secondary N) is 2. The molecule has 0 aliphatic carbocycles. The van der Waals surface area contributed by atoms with Gasteiger partial charge >= 0.3 is 0 Å². The fourth-order valence-corrected chi connectivity index (χ4v) is 3.20. The second kappa shape index (κ2) is 6.94. The van der Waals surface area contributed by atoms with Crippen LogP contribution in [0.4, 0.5) is 5.82 Å². The largest absolute Gasteiger partial charge is 0.369 e. The van der Waals surface area contributed by atoms with E-state index in [9.17, 15) is 0 Å². The van der Waals surface area contributed by atoms with Gasteiger partial charge in [0.2, 0.25) is 0 Å². The Hall–Kier alpha value is -2.87. The molecule has 0 saturated carbocycles. The van der Waals surface area contributed by atoms with Crippen molar-refractivity contribution in [1.82, 2.24) is 29.8 Å². The van der Waals surface area contributed by atoms with Gasteiger partial charge in [-0.2, -0.15) is 14.7 Å². The maximum absolute atomic E-state index is 4.73. The Morgan fingerprint density at radius 3 is 2.88 bits per heavy atom. The van der Waals surface area contributed by atoms with Crippen molar-refractivity contribution >= 4 is 23.2 Å². The Balaban J connectivity index is 1.57. The monoisotopic (exact) mass is 351 g/mol. The number of aromatic nitrogens is 6. The number of aromatic amines is 1.